The van der Waals surface area contributed by atoms with Crippen LogP contribution >= 0.6 is 0 Å². The highest BCUT2D eigenvalue weighted by Crippen LogP contribution is 2.35. The van der Waals surface area contributed by atoms with Crippen molar-refractivity contribution in [1.29, 1.82) is 0 Å². The zero-order valence-electron chi connectivity index (χ0n) is 14.1. The smallest absolute Gasteiger partial charge is 0.0912 e. The first-order valence-electron chi connectivity index (χ1n) is 8.06. The van der Waals surface area contributed by atoms with Gasteiger partial charge in [-0.1, -0.05) is 0 Å². The Morgan fingerprint density at radius 2 is 1.38 bits per heavy atom. The number of hydrogen-bond donors (Lipinski definition) is 1. The molecule has 1 saturated heterocycles. The molecule has 2 nitrogen and oxygen atoms in total. The van der Waals surface area contributed by atoms with E-state index in [1.807, 2.05) is 0 Å². The van der Waals surface area contributed by atoms with Gasteiger partial charge in [-0.15, -0.1) is 0 Å². The van der Waals surface area contributed by atoms with Gasteiger partial charge >= 0.3 is 0 Å². The van der Waals surface area contributed by atoms with Crippen molar-refractivity contribution in [2.24, 2.45) is 0 Å². The minimum absolute atomic E-state index is 0.218. The number of alkyl halides is 1. The summed E-state index contributed by atoms with van der Waals surface area (Å²) in [4.78, 5) is 2.46. The minimum atomic E-state index is -0.251. The van der Waals surface area contributed by atoms with Crippen LogP contribution in [-0.2, 0) is 0 Å². The summed E-state index contributed by atoms with van der Waals surface area (Å²) in [6.07, 6.45) is 0.601. The Labute approximate surface area is 128 Å². The van der Waals surface area contributed by atoms with Gasteiger partial charge in [0.25, 0.3) is 0 Å². The maximum absolute atomic E-state index is 13.2. The molecule has 1 aromatic rings. The lowest BCUT2D eigenvalue weighted by Crippen LogP contribution is -2.45. The van der Waals surface area contributed by atoms with Gasteiger partial charge in [-0.25, -0.2) is 0 Å². The normalized spacial score (nSPS) is 18.0. The van der Waals surface area contributed by atoms with Gasteiger partial charge in [0, 0.05) is 32.2 Å². The van der Waals surface area contributed by atoms with Crippen LogP contribution in [0.15, 0.2) is 0 Å². The van der Waals surface area contributed by atoms with Crippen LogP contribution in [0.4, 0.5) is 4.39 Å². The van der Waals surface area contributed by atoms with Crippen LogP contribution in [0.5, 0.6) is 0 Å². The largest absolute Gasteiger partial charge is 0.314 e. The molecular weight excluding hydrogens is 263 g/mol. The van der Waals surface area contributed by atoms with Crippen molar-refractivity contribution < 1.29 is 4.39 Å². The van der Waals surface area contributed by atoms with Gasteiger partial charge in [-0.3, -0.25) is 9.29 Å². The van der Waals surface area contributed by atoms with Crippen LogP contribution in [-0.4, -0.2) is 37.8 Å². The van der Waals surface area contributed by atoms with Crippen molar-refractivity contribution in [3.63, 3.8) is 0 Å². The molecule has 1 aliphatic heterocycles. The average molecular weight is 292 g/mol. The summed E-state index contributed by atoms with van der Waals surface area (Å²) >= 11 is 0. The van der Waals surface area contributed by atoms with Crippen molar-refractivity contribution in [2.45, 2.75) is 47.1 Å². The predicted molar refractivity (Wildman–Crippen MR) is 87.9 cm³/mol. The molecule has 0 bridgehead atoms. The number of rotatable bonds is 4. The Hall–Kier alpha value is -0.930. The molecule has 1 fully saturated rings. The van der Waals surface area contributed by atoms with Crippen molar-refractivity contribution in [3.05, 3.63) is 33.4 Å². The van der Waals surface area contributed by atoms with Gasteiger partial charge in [0.05, 0.1) is 6.67 Å². The molecule has 1 N–H and O–H groups in total. The fraction of sp³-hybridized carbons (Fsp3) is 0.667. The van der Waals surface area contributed by atoms with E-state index in [-0.39, 0.29) is 12.7 Å². The molecule has 0 unspecified atom stereocenters. The van der Waals surface area contributed by atoms with Crippen LogP contribution in [0.25, 0.3) is 0 Å². The lowest BCUT2D eigenvalue weighted by Gasteiger charge is -2.37. The van der Waals surface area contributed by atoms with Gasteiger partial charge < -0.3 is 5.32 Å². The van der Waals surface area contributed by atoms with Gasteiger partial charge in [0.15, 0.2) is 0 Å². The van der Waals surface area contributed by atoms with E-state index in [1.165, 1.54) is 33.4 Å². The molecule has 1 aromatic carbocycles. The maximum atomic E-state index is 13.2. The number of hydrogen-bond acceptors (Lipinski definition) is 2. The maximum Gasteiger partial charge on any atom is 0.0912 e. The Balaban J connectivity index is 2.49. The van der Waals surface area contributed by atoms with Gasteiger partial charge in [-0.2, -0.15) is 0 Å². The second kappa shape index (κ2) is 6.89. The minimum Gasteiger partial charge on any atom is -0.314 e. The van der Waals surface area contributed by atoms with E-state index >= 15 is 0 Å². The third-order valence-electron chi connectivity index (χ3n) is 5.37. The Morgan fingerprint density at radius 3 is 1.86 bits per heavy atom. The van der Waals surface area contributed by atoms with Gasteiger partial charge in [-0.05, 0) is 74.4 Å². The molecule has 3 heteroatoms. The van der Waals surface area contributed by atoms with Crippen LogP contribution in [0.3, 0.4) is 0 Å². The summed E-state index contributed by atoms with van der Waals surface area (Å²) in [5.41, 5.74) is 8.20. The Bertz CT molecular complexity index is 475. The highest BCUT2D eigenvalue weighted by Gasteiger charge is 2.26. The lowest BCUT2D eigenvalue weighted by atomic mass is 9.84. The molecule has 0 aromatic heterocycles. The fourth-order valence-corrected chi connectivity index (χ4v) is 3.64. The van der Waals surface area contributed by atoms with Crippen molar-refractivity contribution in [3.8, 4) is 0 Å². The fourth-order valence-electron chi connectivity index (χ4n) is 3.64. The molecule has 0 spiro atoms. The summed E-state index contributed by atoms with van der Waals surface area (Å²) in [7, 11) is 0. The zero-order valence-corrected chi connectivity index (χ0v) is 14.1. The molecule has 118 valence electrons. The van der Waals surface area contributed by atoms with E-state index in [1.54, 1.807) is 0 Å². The van der Waals surface area contributed by atoms with E-state index in [0.717, 1.165) is 26.2 Å². The summed E-state index contributed by atoms with van der Waals surface area (Å²) in [5, 5.41) is 3.39. The van der Waals surface area contributed by atoms with E-state index < -0.39 is 0 Å². The van der Waals surface area contributed by atoms with Crippen molar-refractivity contribution in [2.75, 3.05) is 32.9 Å². The van der Waals surface area contributed by atoms with E-state index in [0.29, 0.717) is 6.42 Å². The molecule has 1 heterocycles. The van der Waals surface area contributed by atoms with E-state index in [9.17, 15) is 4.39 Å². The second-order valence-electron chi connectivity index (χ2n) is 6.32. The Morgan fingerprint density at radius 1 is 0.905 bits per heavy atom. The topological polar surface area (TPSA) is 15.3 Å². The standard InChI is InChI=1S/C18H29FN2/c1-12-13(2)15(4)18(16(5)14(12)3)17(6-7-19)21-10-8-20-9-11-21/h17,20H,6-11H2,1-5H3/t17-/m0/s1. The molecular formula is C18H29FN2. The summed E-state index contributed by atoms with van der Waals surface area (Å²) < 4.78 is 13.2. The molecule has 1 atom stereocenters. The van der Waals surface area contributed by atoms with E-state index in [2.05, 4.69) is 44.8 Å². The molecule has 0 amide bonds. The summed E-state index contributed by atoms with van der Waals surface area (Å²) in [6, 6.07) is 0.218. The molecule has 0 saturated carbocycles. The number of nitrogens with zero attached hydrogens (tertiary/aromatic N) is 1. The number of benzene rings is 1. The number of halogens is 1. The number of piperazine rings is 1. The quantitative estimate of drug-likeness (QED) is 0.913. The first-order valence-corrected chi connectivity index (χ1v) is 8.06. The molecule has 1 aliphatic rings. The van der Waals surface area contributed by atoms with Crippen LogP contribution in [0, 0.1) is 34.6 Å². The molecule has 0 aliphatic carbocycles. The monoisotopic (exact) mass is 292 g/mol. The Kier molecular flexibility index (Phi) is 5.39. The second-order valence-corrected chi connectivity index (χ2v) is 6.32. The van der Waals surface area contributed by atoms with Crippen molar-refractivity contribution >= 4 is 0 Å². The van der Waals surface area contributed by atoms with Gasteiger partial charge in [0.2, 0.25) is 0 Å². The lowest BCUT2D eigenvalue weighted by molar-refractivity contribution is 0.156. The summed E-state index contributed by atoms with van der Waals surface area (Å²) in [5.74, 6) is 0. The molecule has 21 heavy (non-hydrogen) atoms. The molecule has 2 rings (SSSR count). The average Bonchev–Trinajstić information content (AvgIpc) is 2.51. The van der Waals surface area contributed by atoms with Crippen LogP contribution in [0.2, 0.25) is 0 Å². The highest BCUT2D eigenvalue weighted by molar-refractivity contribution is 5.50. The van der Waals surface area contributed by atoms with E-state index in [4.69, 9.17) is 0 Å². The predicted octanol–water partition coefficient (Wildman–Crippen LogP) is 3.53. The van der Waals surface area contributed by atoms with Crippen LogP contribution < -0.4 is 5.32 Å². The van der Waals surface area contributed by atoms with Crippen LogP contribution in [0.1, 0.15) is 45.8 Å². The first-order chi connectivity index (χ1) is 9.99. The first kappa shape index (κ1) is 16.4. The molecule has 0 radical (unpaired) electrons. The summed E-state index contributed by atoms with van der Waals surface area (Å²) in [6.45, 7) is 14.8. The van der Waals surface area contributed by atoms with Crippen molar-refractivity contribution in [1.82, 2.24) is 10.2 Å². The SMILES string of the molecule is Cc1c(C)c(C)c([C@H](CCF)N2CCNCC2)c(C)c1C. The third kappa shape index (κ3) is 3.14. The zero-order chi connectivity index (χ0) is 15.6. The number of nitrogens with one attached hydrogen (secondary N) is 1. The third-order valence-corrected chi connectivity index (χ3v) is 5.37. The highest BCUT2D eigenvalue weighted by atomic mass is 19.1. The van der Waals surface area contributed by atoms with Gasteiger partial charge in [0.1, 0.15) is 0 Å².